The molecule has 138 valence electrons. The molecule has 7 nitrogen and oxygen atoms in total. The monoisotopic (exact) mass is 344 g/mol. The van der Waals surface area contributed by atoms with Crippen molar-refractivity contribution in [2.45, 2.75) is 57.7 Å². The number of aliphatic hydroxyl groups is 4. The third kappa shape index (κ3) is 5.68. The van der Waals surface area contributed by atoms with E-state index in [2.05, 4.69) is 0 Å². The van der Waals surface area contributed by atoms with Gasteiger partial charge in [-0.3, -0.25) is 0 Å². The molecular weight excluding hydrogens is 316 g/mol. The quantitative estimate of drug-likeness (QED) is 0.327. The summed E-state index contributed by atoms with van der Waals surface area (Å²) in [5, 5.41) is 48.7. The zero-order chi connectivity index (χ0) is 18.4. The number of hydrogen-bond acceptors (Lipinski definition) is 6. The number of hydrogen-bond donors (Lipinski definition) is 5. The third-order valence-corrected chi connectivity index (χ3v) is 4.44. The lowest BCUT2D eigenvalue weighted by Gasteiger charge is -2.39. The normalized spacial score (nSPS) is 32.5. The van der Waals surface area contributed by atoms with Crippen molar-refractivity contribution in [3.8, 4) is 0 Å². The Labute approximate surface area is 141 Å². The van der Waals surface area contributed by atoms with Gasteiger partial charge in [-0.25, -0.2) is 4.79 Å². The van der Waals surface area contributed by atoms with Crippen molar-refractivity contribution < 1.29 is 35.1 Å². The van der Waals surface area contributed by atoms with E-state index < -0.39 is 36.5 Å². The maximum atomic E-state index is 10.7. The summed E-state index contributed by atoms with van der Waals surface area (Å²) in [4.78, 5) is 10.7. The van der Waals surface area contributed by atoms with Crippen molar-refractivity contribution >= 4 is 5.97 Å². The van der Waals surface area contributed by atoms with Gasteiger partial charge >= 0.3 is 5.97 Å². The lowest BCUT2D eigenvalue weighted by Crippen LogP contribution is -2.54. The molecule has 24 heavy (non-hydrogen) atoms. The Morgan fingerprint density at radius 3 is 2.42 bits per heavy atom. The van der Waals surface area contributed by atoms with Gasteiger partial charge in [-0.2, -0.15) is 0 Å². The molecule has 1 heterocycles. The van der Waals surface area contributed by atoms with E-state index in [1.165, 1.54) is 6.92 Å². The van der Waals surface area contributed by atoms with Crippen LogP contribution in [0.2, 0.25) is 0 Å². The van der Waals surface area contributed by atoms with Gasteiger partial charge in [-0.15, -0.1) is 0 Å². The van der Waals surface area contributed by atoms with Gasteiger partial charge in [0, 0.05) is 12.0 Å². The zero-order valence-corrected chi connectivity index (χ0v) is 14.2. The second-order valence-electron chi connectivity index (χ2n) is 6.47. The Balaban J connectivity index is 2.66. The minimum Gasteiger partial charge on any atom is -0.478 e. The summed E-state index contributed by atoms with van der Waals surface area (Å²) >= 11 is 0. The Bertz CT molecular complexity index is 472. The predicted molar refractivity (Wildman–Crippen MR) is 87.2 cm³/mol. The van der Waals surface area contributed by atoms with Crippen molar-refractivity contribution in [2.75, 3.05) is 6.61 Å². The second kappa shape index (κ2) is 9.29. The van der Waals surface area contributed by atoms with Crippen molar-refractivity contribution in [3.05, 3.63) is 23.8 Å². The van der Waals surface area contributed by atoms with Crippen LogP contribution in [0, 0.1) is 11.8 Å². The Kier molecular flexibility index (Phi) is 8.05. The zero-order valence-electron chi connectivity index (χ0n) is 14.2. The standard InChI is InChI=1S/C17H28O7/c1-9(11(3)18)5-4-6-12-8-24-17(16(23)15(12)22)14(21)10(2)7-13(19)20/h4-5,7,9,11-12,14-18,21-23H,6,8H2,1-3H3,(H,19,20)/b5-4+,10-7+/t9?,11-,12-,14+,15+,16+,17-/m0/s1. The van der Waals surface area contributed by atoms with Crippen LogP contribution < -0.4 is 0 Å². The van der Waals surface area contributed by atoms with Gasteiger partial charge in [0.05, 0.1) is 18.8 Å². The molecule has 1 rings (SSSR count). The molecule has 0 aromatic heterocycles. The maximum absolute atomic E-state index is 10.7. The SMILES string of the molecule is C/C(=C\C(=O)O)[C@@H](O)[C@@H]1OC[C@H](C/C=C/C(C)[C@H](C)O)[C@@H](O)[C@H]1O. The average Bonchev–Trinajstić information content (AvgIpc) is 2.50. The van der Waals surface area contributed by atoms with E-state index in [0.29, 0.717) is 6.42 Å². The number of carboxylic acid groups (broad SMARTS) is 1. The van der Waals surface area contributed by atoms with Crippen molar-refractivity contribution in [3.63, 3.8) is 0 Å². The van der Waals surface area contributed by atoms with Crippen molar-refractivity contribution in [1.29, 1.82) is 0 Å². The summed E-state index contributed by atoms with van der Waals surface area (Å²) in [5.74, 6) is -1.56. The van der Waals surface area contributed by atoms with Crippen molar-refractivity contribution in [2.24, 2.45) is 11.8 Å². The molecule has 1 fully saturated rings. The summed E-state index contributed by atoms with van der Waals surface area (Å²) in [5.41, 5.74) is 0.142. The van der Waals surface area contributed by atoms with Gasteiger partial charge in [0.25, 0.3) is 0 Å². The molecule has 0 spiro atoms. The number of aliphatic carboxylic acids is 1. The van der Waals surface area contributed by atoms with Gasteiger partial charge < -0.3 is 30.3 Å². The smallest absolute Gasteiger partial charge is 0.328 e. The molecule has 1 aliphatic rings. The average molecular weight is 344 g/mol. The fraction of sp³-hybridized carbons (Fsp3) is 0.706. The molecule has 0 amide bonds. The first-order valence-electron chi connectivity index (χ1n) is 8.06. The largest absolute Gasteiger partial charge is 0.478 e. The van der Waals surface area contributed by atoms with E-state index >= 15 is 0 Å². The summed E-state index contributed by atoms with van der Waals surface area (Å²) in [6, 6.07) is 0. The third-order valence-electron chi connectivity index (χ3n) is 4.44. The molecule has 0 aliphatic carbocycles. The number of ether oxygens (including phenoxy) is 1. The number of carbonyl (C=O) groups is 1. The molecular formula is C17H28O7. The van der Waals surface area contributed by atoms with Gasteiger partial charge in [0.1, 0.15) is 18.3 Å². The second-order valence-corrected chi connectivity index (χ2v) is 6.47. The number of carboxylic acids is 1. The molecule has 0 radical (unpaired) electrons. The minimum absolute atomic E-state index is 0.0186. The van der Waals surface area contributed by atoms with Crippen LogP contribution in [0.15, 0.2) is 23.8 Å². The van der Waals surface area contributed by atoms with Crippen LogP contribution in [-0.2, 0) is 9.53 Å². The van der Waals surface area contributed by atoms with Gasteiger partial charge in [0.15, 0.2) is 0 Å². The molecule has 1 unspecified atom stereocenters. The van der Waals surface area contributed by atoms with E-state index in [4.69, 9.17) is 9.84 Å². The lowest BCUT2D eigenvalue weighted by atomic mass is 9.86. The number of aliphatic hydroxyl groups excluding tert-OH is 4. The first kappa shape index (κ1) is 20.8. The molecule has 0 aromatic rings. The van der Waals surface area contributed by atoms with Crippen LogP contribution in [0.3, 0.4) is 0 Å². The molecule has 7 heteroatoms. The first-order valence-corrected chi connectivity index (χ1v) is 8.06. The highest BCUT2D eigenvalue weighted by atomic mass is 16.5. The van der Waals surface area contributed by atoms with Crippen LogP contribution in [0.25, 0.3) is 0 Å². The number of allylic oxidation sites excluding steroid dienone is 1. The van der Waals surface area contributed by atoms with E-state index in [0.717, 1.165) is 6.08 Å². The molecule has 0 bridgehead atoms. The Morgan fingerprint density at radius 1 is 1.25 bits per heavy atom. The van der Waals surface area contributed by atoms with E-state index in [-0.39, 0.29) is 24.0 Å². The van der Waals surface area contributed by atoms with Crippen LogP contribution in [-0.4, -0.2) is 68.6 Å². The molecule has 5 N–H and O–H groups in total. The fourth-order valence-corrected chi connectivity index (χ4v) is 2.56. The minimum atomic E-state index is -1.32. The first-order chi connectivity index (χ1) is 11.1. The highest BCUT2D eigenvalue weighted by Crippen LogP contribution is 2.27. The van der Waals surface area contributed by atoms with Crippen LogP contribution in [0.5, 0.6) is 0 Å². The highest BCUT2D eigenvalue weighted by Gasteiger charge is 2.41. The Morgan fingerprint density at radius 2 is 1.88 bits per heavy atom. The Hall–Kier alpha value is -1.25. The summed E-state index contributed by atoms with van der Waals surface area (Å²) < 4.78 is 5.47. The molecule has 1 saturated heterocycles. The lowest BCUT2D eigenvalue weighted by molar-refractivity contribution is -0.187. The summed E-state index contributed by atoms with van der Waals surface area (Å²) in [7, 11) is 0. The van der Waals surface area contributed by atoms with Crippen LogP contribution in [0.4, 0.5) is 0 Å². The molecule has 7 atom stereocenters. The molecule has 1 aliphatic heterocycles. The van der Waals surface area contributed by atoms with Crippen molar-refractivity contribution in [1.82, 2.24) is 0 Å². The van der Waals surface area contributed by atoms with Gasteiger partial charge in [0.2, 0.25) is 0 Å². The summed E-state index contributed by atoms with van der Waals surface area (Å²) in [6.45, 7) is 5.12. The number of rotatable bonds is 7. The molecule has 0 saturated carbocycles. The highest BCUT2D eigenvalue weighted by molar-refractivity contribution is 5.80. The van der Waals surface area contributed by atoms with Gasteiger partial charge in [-0.05, 0) is 31.8 Å². The van der Waals surface area contributed by atoms with E-state index in [1.54, 1.807) is 6.92 Å². The van der Waals surface area contributed by atoms with E-state index in [1.807, 2.05) is 19.1 Å². The molecule has 0 aromatic carbocycles. The van der Waals surface area contributed by atoms with Crippen LogP contribution in [0.1, 0.15) is 27.2 Å². The maximum Gasteiger partial charge on any atom is 0.328 e. The van der Waals surface area contributed by atoms with Gasteiger partial charge in [-0.1, -0.05) is 19.1 Å². The van der Waals surface area contributed by atoms with Crippen LogP contribution >= 0.6 is 0 Å². The topological polar surface area (TPSA) is 127 Å². The predicted octanol–water partition coefficient (Wildman–Crippen LogP) is 0.0782. The van der Waals surface area contributed by atoms with E-state index in [9.17, 15) is 25.2 Å². The fourth-order valence-electron chi connectivity index (χ4n) is 2.56. The summed E-state index contributed by atoms with van der Waals surface area (Å²) in [6.07, 6.45) is -0.298.